The summed E-state index contributed by atoms with van der Waals surface area (Å²) in [4.78, 5) is 29.6. The van der Waals surface area contributed by atoms with Crippen molar-refractivity contribution in [3.05, 3.63) is 81.6 Å². The quantitative estimate of drug-likeness (QED) is 0.393. The predicted molar refractivity (Wildman–Crippen MR) is 114 cm³/mol. The van der Waals surface area contributed by atoms with E-state index in [1.165, 1.54) is 24.1 Å². The summed E-state index contributed by atoms with van der Waals surface area (Å²) in [5.41, 5.74) is 2.16. The van der Waals surface area contributed by atoms with E-state index in [2.05, 4.69) is 4.98 Å². The Hall–Kier alpha value is -3.09. The fourth-order valence-electron chi connectivity index (χ4n) is 3.61. The minimum Gasteiger partial charge on any atom is -0.495 e. The van der Waals surface area contributed by atoms with Crippen LogP contribution >= 0.6 is 23.2 Å². The van der Waals surface area contributed by atoms with Crippen LogP contribution in [0, 0.1) is 6.92 Å². The van der Waals surface area contributed by atoms with Crippen molar-refractivity contribution in [3.8, 4) is 5.75 Å². The van der Waals surface area contributed by atoms with E-state index in [1.807, 2.05) is 0 Å². The van der Waals surface area contributed by atoms with Crippen molar-refractivity contribution in [2.24, 2.45) is 0 Å². The summed E-state index contributed by atoms with van der Waals surface area (Å²) in [7, 11) is 1.50. The van der Waals surface area contributed by atoms with Crippen LogP contribution in [0.25, 0.3) is 10.9 Å². The molecule has 1 unspecified atom stereocenters. The minimum absolute atomic E-state index is 0.236. The molecule has 30 heavy (non-hydrogen) atoms. The smallest absolute Gasteiger partial charge is 0.262 e. The lowest BCUT2D eigenvalue weighted by atomic mass is 9.97. The number of halogens is 2. The van der Waals surface area contributed by atoms with Gasteiger partial charge in [0.15, 0.2) is 0 Å². The number of carbonyl (C=O) groups is 2. The largest absolute Gasteiger partial charge is 0.495 e. The molecule has 0 fully saturated rings. The second-order valence-electron chi connectivity index (χ2n) is 6.63. The number of aromatic nitrogens is 2. The van der Waals surface area contributed by atoms with Gasteiger partial charge in [-0.05, 0) is 43.3 Å². The van der Waals surface area contributed by atoms with E-state index in [9.17, 15) is 9.59 Å². The van der Waals surface area contributed by atoms with Gasteiger partial charge in [-0.1, -0.05) is 23.2 Å². The fourth-order valence-corrected chi connectivity index (χ4v) is 3.97. The number of aldehydes is 1. The Morgan fingerprint density at radius 2 is 1.97 bits per heavy atom. The van der Waals surface area contributed by atoms with E-state index >= 15 is 0 Å². The van der Waals surface area contributed by atoms with Gasteiger partial charge < -0.3 is 13.9 Å². The molecule has 0 aliphatic rings. The SMILES string of the molecule is COc1cc2c(C(C=O)c3ncco3)c(C)n(C(=O)c3ccc(Cl)cc3)c2cc1Cl. The van der Waals surface area contributed by atoms with Gasteiger partial charge >= 0.3 is 0 Å². The van der Waals surface area contributed by atoms with Gasteiger partial charge in [0.2, 0.25) is 5.89 Å². The molecule has 0 aliphatic heterocycles. The van der Waals surface area contributed by atoms with Gasteiger partial charge in [0, 0.05) is 27.2 Å². The molecule has 4 aromatic rings. The summed E-state index contributed by atoms with van der Waals surface area (Å²) in [5.74, 6) is -0.412. The van der Waals surface area contributed by atoms with Crippen LogP contribution in [0.15, 0.2) is 53.3 Å². The highest BCUT2D eigenvalue weighted by Gasteiger charge is 2.29. The number of benzene rings is 2. The summed E-state index contributed by atoms with van der Waals surface area (Å²) < 4.78 is 12.3. The monoisotopic (exact) mass is 442 g/mol. The lowest BCUT2D eigenvalue weighted by Gasteiger charge is -2.10. The van der Waals surface area contributed by atoms with Gasteiger partial charge in [-0.2, -0.15) is 0 Å². The number of hydrogen-bond donors (Lipinski definition) is 0. The van der Waals surface area contributed by atoms with Crippen LogP contribution in [-0.2, 0) is 4.79 Å². The van der Waals surface area contributed by atoms with Crippen LogP contribution in [0.3, 0.4) is 0 Å². The molecule has 0 aliphatic carbocycles. The van der Waals surface area contributed by atoms with E-state index in [4.69, 9.17) is 32.4 Å². The molecule has 2 aromatic heterocycles. The summed E-state index contributed by atoms with van der Waals surface area (Å²) in [5, 5.41) is 1.52. The van der Waals surface area contributed by atoms with Crippen molar-refractivity contribution in [3.63, 3.8) is 0 Å². The summed E-state index contributed by atoms with van der Waals surface area (Å²) >= 11 is 12.3. The first kappa shape index (κ1) is 20.2. The van der Waals surface area contributed by atoms with Crippen LogP contribution in [0.1, 0.15) is 33.4 Å². The van der Waals surface area contributed by atoms with Crippen LogP contribution in [0.5, 0.6) is 5.75 Å². The van der Waals surface area contributed by atoms with E-state index in [-0.39, 0.29) is 11.8 Å². The third-order valence-electron chi connectivity index (χ3n) is 4.99. The summed E-state index contributed by atoms with van der Waals surface area (Å²) in [6.45, 7) is 1.77. The Morgan fingerprint density at radius 3 is 2.57 bits per heavy atom. The van der Waals surface area contributed by atoms with Gasteiger partial charge in [0.05, 0.1) is 23.8 Å². The van der Waals surface area contributed by atoms with Crippen molar-refractivity contribution in [1.29, 1.82) is 0 Å². The maximum Gasteiger partial charge on any atom is 0.262 e. The highest BCUT2D eigenvalue weighted by molar-refractivity contribution is 6.33. The highest BCUT2D eigenvalue weighted by Crippen LogP contribution is 2.39. The molecular weight excluding hydrogens is 427 g/mol. The van der Waals surface area contributed by atoms with Gasteiger partial charge in [0.1, 0.15) is 24.2 Å². The average molecular weight is 443 g/mol. The Kier molecular flexibility index (Phi) is 5.37. The van der Waals surface area contributed by atoms with E-state index < -0.39 is 5.92 Å². The minimum atomic E-state index is -0.798. The first-order valence-corrected chi connectivity index (χ1v) is 9.75. The zero-order valence-corrected chi connectivity index (χ0v) is 17.6. The number of hydrogen-bond acceptors (Lipinski definition) is 5. The molecule has 1 atom stereocenters. The van der Waals surface area contributed by atoms with Crippen molar-refractivity contribution in [1.82, 2.24) is 9.55 Å². The lowest BCUT2D eigenvalue weighted by Crippen LogP contribution is -2.14. The van der Waals surface area contributed by atoms with Crippen LogP contribution in [0.2, 0.25) is 10.0 Å². The van der Waals surface area contributed by atoms with Crippen LogP contribution in [-0.4, -0.2) is 28.9 Å². The summed E-state index contributed by atoms with van der Waals surface area (Å²) in [6, 6.07) is 9.95. The molecule has 6 nitrogen and oxygen atoms in total. The van der Waals surface area contributed by atoms with E-state index in [0.29, 0.717) is 43.5 Å². The second kappa shape index (κ2) is 7.97. The molecule has 2 aromatic carbocycles. The van der Waals surface area contributed by atoms with Crippen molar-refractivity contribution < 1.29 is 18.7 Å². The van der Waals surface area contributed by atoms with Gasteiger partial charge in [-0.25, -0.2) is 4.98 Å². The van der Waals surface area contributed by atoms with Gasteiger partial charge in [-0.3, -0.25) is 9.36 Å². The van der Waals surface area contributed by atoms with Crippen molar-refractivity contribution >= 4 is 46.3 Å². The maximum atomic E-state index is 13.4. The number of nitrogens with zero attached hydrogens (tertiary/aromatic N) is 2. The normalized spacial score (nSPS) is 12.1. The topological polar surface area (TPSA) is 74.3 Å². The molecule has 0 N–H and O–H groups in total. The Morgan fingerprint density at radius 1 is 1.23 bits per heavy atom. The van der Waals surface area contributed by atoms with Crippen LogP contribution in [0.4, 0.5) is 0 Å². The fraction of sp³-hybridized carbons (Fsp3) is 0.136. The van der Waals surface area contributed by atoms with E-state index in [1.54, 1.807) is 43.3 Å². The number of carbonyl (C=O) groups excluding carboxylic acids is 2. The molecule has 152 valence electrons. The first-order valence-electron chi connectivity index (χ1n) is 8.99. The molecule has 2 heterocycles. The van der Waals surface area contributed by atoms with Gasteiger partial charge in [-0.15, -0.1) is 0 Å². The number of oxazole rings is 1. The molecule has 0 saturated heterocycles. The molecule has 0 radical (unpaired) electrons. The number of ether oxygens (including phenoxy) is 1. The average Bonchev–Trinajstić information content (AvgIpc) is 3.35. The maximum absolute atomic E-state index is 13.4. The zero-order valence-electron chi connectivity index (χ0n) is 16.1. The number of methoxy groups -OCH3 is 1. The molecule has 0 bridgehead atoms. The molecule has 0 spiro atoms. The van der Waals surface area contributed by atoms with E-state index in [0.717, 1.165) is 6.29 Å². The molecule has 0 amide bonds. The van der Waals surface area contributed by atoms with Crippen molar-refractivity contribution in [2.45, 2.75) is 12.8 Å². The van der Waals surface area contributed by atoms with Gasteiger partial charge in [0.25, 0.3) is 5.91 Å². The second-order valence-corrected chi connectivity index (χ2v) is 7.48. The third-order valence-corrected chi connectivity index (χ3v) is 5.53. The Balaban J connectivity index is 2.02. The number of rotatable bonds is 5. The lowest BCUT2D eigenvalue weighted by molar-refractivity contribution is -0.108. The Bertz CT molecular complexity index is 1240. The molecule has 8 heteroatoms. The van der Waals surface area contributed by atoms with Crippen molar-refractivity contribution in [2.75, 3.05) is 7.11 Å². The highest BCUT2D eigenvalue weighted by atomic mass is 35.5. The Labute approximate surface area is 182 Å². The first-order chi connectivity index (χ1) is 14.5. The standard InChI is InChI=1S/C22H16Cl2N2O4/c1-12-20(16(11-27)21-25-7-8-30-21)15-9-19(29-2)17(24)10-18(15)26(12)22(28)13-3-5-14(23)6-4-13/h3-11,16H,1-2H3. The molecule has 0 saturated carbocycles. The zero-order chi connectivity index (χ0) is 21.4. The molecule has 4 rings (SSSR count). The van der Waals surface area contributed by atoms with Crippen LogP contribution < -0.4 is 4.74 Å². The predicted octanol–water partition coefficient (Wildman–Crippen LogP) is 5.27. The number of fused-ring (bicyclic) bond motifs is 1. The third kappa shape index (κ3) is 3.28. The summed E-state index contributed by atoms with van der Waals surface area (Å²) in [6.07, 6.45) is 3.61. The molecular formula is C22H16Cl2N2O4.